The van der Waals surface area contributed by atoms with Crippen molar-refractivity contribution in [1.82, 2.24) is 15.0 Å². The Morgan fingerprint density at radius 1 is 0.371 bits per heavy atom. The third kappa shape index (κ3) is 5.65. The second kappa shape index (κ2) is 14.5. The SMILES string of the molecule is c1ccc(-c2cc(-c3ccccc3)nc(-c3cc(-c4ccnc5c4oc4ccccc45)ccc3-c3ccc4c(c3)C(c3ccccc3)(c3ccccc3)c3ccccc3-4)n2)cc1. The lowest BCUT2D eigenvalue weighted by Crippen LogP contribution is -2.28. The Labute approximate surface area is 359 Å². The van der Waals surface area contributed by atoms with Gasteiger partial charge in [-0.25, -0.2) is 9.97 Å². The van der Waals surface area contributed by atoms with Crippen molar-refractivity contribution in [3.8, 4) is 67.3 Å². The van der Waals surface area contributed by atoms with E-state index in [1.807, 2.05) is 42.6 Å². The fraction of sp³-hybridized carbons (Fsp3) is 0.0172. The van der Waals surface area contributed by atoms with Crippen LogP contribution in [0, 0.1) is 0 Å². The maximum Gasteiger partial charge on any atom is 0.161 e. The Hall–Kier alpha value is -8.21. The molecule has 0 N–H and O–H groups in total. The van der Waals surface area contributed by atoms with Crippen molar-refractivity contribution in [3.63, 3.8) is 0 Å². The lowest BCUT2D eigenvalue weighted by Gasteiger charge is -2.34. The van der Waals surface area contributed by atoms with Crippen LogP contribution in [-0.2, 0) is 5.41 Å². The Morgan fingerprint density at radius 2 is 0.919 bits per heavy atom. The molecule has 0 atom stereocenters. The number of hydrogen-bond donors (Lipinski definition) is 0. The van der Waals surface area contributed by atoms with Crippen molar-refractivity contribution >= 4 is 22.1 Å². The van der Waals surface area contributed by atoms with Gasteiger partial charge in [-0.3, -0.25) is 4.98 Å². The fourth-order valence-corrected chi connectivity index (χ4v) is 9.67. The summed E-state index contributed by atoms with van der Waals surface area (Å²) in [6.45, 7) is 0. The molecule has 62 heavy (non-hydrogen) atoms. The highest BCUT2D eigenvalue weighted by Gasteiger charge is 2.46. The van der Waals surface area contributed by atoms with E-state index in [-0.39, 0.29) is 0 Å². The summed E-state index contributed by atoms with van der Waals surface area (Å²) in [7, 11) is 0. The Balaban J connectivity index is 1.14. The van der Waals surface area contributed by atoms with Gasteiger partial charge < -0.3 is 4.42 Å². The molecule has 290 valence electrons. The largest absolute Gasteiger partial charge is 0.454 e. The second-order valence-electron chi connectivity index (χ2n) is 15.9. The number of furan rings is 1. The molecule has 0 radical (unpaired) electrons. The van der Waals surface area contributed by atoms with Gasteiger partial charge in [0.25, 0.3) is 0 Å². The summed E-state index contributed by atoms with van der Waals surface area (Å²) in [6.07, 6.45) is 1.87. The average molecular weight is 792 g/mol. The maximum atomic E-state index is 6.55. The lowest BCUT2D eigenvalue weighted by molar-refractivity contribution is 0.669. The molecule has 0 aliphatic heterocycles. The molecule has 3 aromatic heterocycles. The monoisotopic (exact) mass is 791 g/mol. The van der Waals surface area contributed by atoms with Crippen molar-refractivity contribution in [3.05, 3.63) is 247 Å². The van der Waals surface area contributed by atoms with E-state index < -0.39 is 5.41 Å². The molecule has 1 aliphatic rings. The van der Waals surface area contributed by atoms with Gasteiger partial charge in [-0.2, -0.15) is 0 Å². The first-order valence-corrected chi connectivity index (χ1v) is 21.0. The van der Waals surface area contributed by atoms with Gasteiger partial charge >= 0.3 is 0 Å². The third-order valence-corrected chi connectivity index (χ3v) is 12.5. The van der Waals surface area contributed by atoms with Gasteiger partial charge in [-0.15, -0.1) is 0 Å². The molecule has 8 aromatic carbocycles. The molecule has 4 nitrogen and oxygen atoms in total. The van der Waals surface area contributed by atoms with Crippen LogP contribution in [-0.4, -0.2) is 15.0 Å². The van der Waals surface area contributed by atoms with Gasteiger partial charge in [-0.1, -0.05) is 182 Å². The first kappa shape index (κ1) is 35.7. The first-order valence-electron chi connectivity index (χ1n) is 21.0. The Morgan fingerprint density at radius 3 is 1.60 bits per heavy atom. The zero-order valence-electron chi connectivity index (χ0n) is 33.6. The molecule has 12 rings (SSSR count). The van der Waals surface area contributed by atoms with E-state index in [0.717, 1.165) is 72.4 Å². The van der Waals surface area contributed by atoms with Gasteiger partial charge in [0.1, 0.15) is 11.1 Å². The average Bonchev–Trinajstić information content (AvgIpc) is 3.89. The fourth-order valence-electron chi connectivity index (χ4n) is 9.67. The molecular formula is C58H37N3O. The van der Waals surface area contributed by atoms with Crippen LogP contribution >= 0.6 is 0 Å². The van der Waals surface area contributed by atoms with Crippen molar-refractivity contribution in [2.75, 3.05) is 0 Å². The van der Waals surface area contributed by atoms with Crippen LogP contribution < -0.4 is 0 Å². The molecule has 0 bridgehead atoms. The van der Waals surface area contributed by atoms with Crippen LogP contribution in [0.3, 0.4) is 0 Å². The predicted molar refractivity (Wildman–Crippen MR) is 252 cm³/mol. The molecule has 0 spiro atoms. The maximum absolute atomic E-state index is 6.55. The minimum atomic E-state index is -0.543. The van der Waals surface area contributed by atoms with Crippen molar-refractivity contribution in [2.24, 2.45) is 0 Å². The van der Waals surface area contributed by atoms with Crippen LogP contribution in [0.5, 0.6) is 0 Å². The number of rotatable bonds is 7. The summed E-state index contributed by atoms with van der Waals surface area (Å²) in [5.41, 5.74) is 18.0. The van der Waals surface area contributed by atoms with E-state index in [1.165, 1.54) is 33.4 Å². The van der Waals surface area contributed by atoms with Crippen LogP contribution in [0.15, 0.2) is 229 Å². The normalized spacial score (nSPS) is 12.6. The first-order chi connectivity index (χ1) is 30.7. The van der Waals surface area contributed by atoms with E-state index in [4.69, 9.17) is 19.4 Å². The highest BCUT2D eigenvalue weighted by atomic mass is 16.3. The van der Waals surface area contributed by atoms with Gasteiger partial charge in [0.2, 0.25) is 0 Å². The number of fused-ring (bicyclic) bond motifs is 6. The van der Waals surface area contributed by atoms with E-state index in [1.54, 1.807) is 0 Å². The van der Waals surface area contributed by atoms with Crippen LogP contribution in [0.25, 0.3) is 89.4 Å². The number of pyridine rings is 1. The summed E-state index contributed by atoms with van der Waals surface area (Å²) in [6, 6.07) is 77.4. The lowest BCUT2D eigenvalue weighted by atomic mass is 9.67. The number of nitrogens with zero attached hydrogens (tertiary/aromatic N) is 3. The standard InChI is InChI=1S/C58H37N3O/c1-5-17-38(18-6-1)52-37-53(39-19-7-2-8-20-39)61-57(60-52)49-35-40(45-33-34-59-55-48-26-14-16-28-54(48)62-56(45)55)29-31-44(49)41-30-32-47-46-25-13-15-27-50(46)58(51(47)36-41,42-21-9-3-10-22-42)43-23-11-4-12-24-43/h1-37H. The molecule has 0 saturated carbocycles. The van der Waals surface area contributed by atoms with Crippen LogP contribution in [0.2, 0.25) is 0 Å². The Kier molecular flexibility index (Phi) is 8.36. The van der Waals surface area contributed by atoms with Gasteiger partial charge in [-0.05, 0) is 86.5 Å². The van der Waals surface area contributed by atoms with Crippen LogP contribution in [0.4, 0.5) is 0 Å². The Bertz CT molecular complexity index is 3350. The number of aromatic nitrogens is 3. The summed E-state index contributed by atoms with van der Waals surface area (Å²) >= 11 is 0. The van der Waals surface area contributed by atoms with Crippen molar-refractivity contribution in [2.45, 2.75) is 5.41 Å². The summed E-state index contributed by atoms with van der Waals surface area (Å²) < 4.78 is 6.55. The molecule has 11 aromatic rings. The molecule has 0 amide bonds. The topological polar surface area (TPSA) is 51.8 Å². The number of hydrogen-bond acceptors (Lipinski definition) is 4. The zero-order valence-corrected chi connectivity index (χ0v) is 33.6. The van der Waals surface area contributed by atoms with Gasteiger partial charge in [0, 0.05) is 33.8 Å². The highest BCUT2D eigenvalue weighted by Crippen LogP contribution is 2.57. The van der Waals surface area contributed by atoms with E-state index in [0.29, 0.717) is 5.82 Å². The van der Waals surface area contributed by atoms with E-state index in [9.17, 15) is 0 Å². The molecule has 1 aliphatic carbocycles. The predicted octanol–water partition coefficient (Wildman–Crippen LogP) is 14.5. The highest BCUT2D eigenvalue weighted by molar-refractivity contribution is 6.07. The minimum Gasteiger partial charge on any atom is -0.454 e. The minimum absolute atomic E-state index is 0.543. The molecule has 0 saturated heterocycles. The molecule has 0 unspecified atom stereocenters. The number of para-hydroxylation sites is 1. The van der Waals surface area contributed by atoms with Crippen molar-refractivity contribution < 1.29 is 4.42 Å². The van der Waals surface area contributed by atoms with E-state index >= 15 is 0 Å². The van der Waals surface area contributed by atoms with Crippen LogP contribution in [0.1, 0.15) is 22.3 Å². The summed E-state index contributed by atoms with van der Waals surface area (Å²) in [5, 5.41) is 0.993. The quantitative estimate of drug-likeness (QED) is 0.161. The summed E-state index contributed by atoms with van der Waals surface area (Å²) in [4.78, 5) is 15.6. The summed E-state index contributed by atoms with van der Waals surface area (Å²) in [5.74, 6) is 0.637. The second-order valence-corrected chi connectivity index (χ2v) is 15.9. The molecule has 3 heterocycles. The van der Waals surface area contributed by atoms with Crippen molar-refractivity contribution in [1.29, 1.82) is 0 Å². The van der Waals surface area contributed by atoms with E-state index in [2.05, 4.69) is 182 Å². The third-order valence-electron chi connectivity index (χ3n) is 12.5. The molecule has 0 fully saturated rings. The van der Waals surface area contributed by atoms with Gasteiger partial charge in [0.15, 0.2) is 11.4 Å². The molecular weight excluding hydrogens is 755 g/mol. The molecule has 4 heteroatoms. The smallest absolute Gasteiger partial charge is 0.161 e. The number of benzene rings is 8. The van der Waals surface area contributed by atoms with Gasteiger partial charge in [0.05, 0.1) is 16.8 Å². The zero-order chi connectivity index (χ0) is 41.0.